The van der Waals surface area contributed by atoms with E-state index in [1.807, 2.05) is 0 Å². The molecule has 2 aromatic rings. The third-order valence-electron chi connectivity index (χ3n) is 2.54. The first-order valence-corrected chi connectivity index (χ1v) is 7.07. The van der Waals surface area contributed by atoms with E-state index in [1.54, 1.807) is 0 Å². The molecule has 0 amide bonds. The lowest BCUT2D eigenvalue weighted by molar-refractivity contribution is -0.384. The highest BCUT2D eigenvalue weighted by molar-refractivity contribution is 7.87. The molecule has 0 unspecified atom stereocenters. The molecule has 8 heteroatoms. The minimum absolute atomic E-state index is 0.0158. The second-order valence-electron chi connectivity index (χ2n) is 3.98. The van der Waals surface area contributed by atoms with E-state index in [2.05, 4.69) is 0 Å². The summed E-state index contributed by atoms with van der Waals surface area (Å²) in [4.78, 5) is 20.3. The van der Waals surface area contributed by atoms with Crippen molar-refractivity contribution in [3.05, 3.63) is 64.2 Å². The van der Waals surface area contributed by atoms with Gasteiger partial charge in [0.1, 0.15) is 16.9 Å². The first kappa shape index (κ1) is 14.7. The molecule has 0 atom stereocenters. The smallest absolute Gasteiger partial charge is 0.339 e. The van der Waals surface area contributed by atoms with Crippen molar-refractivity contribution in [2.45, 2.75) is 4.90 Å². The maximum Gasteiger partial charge on any atom is 0.339 e. The number of non-ortho nitro benzene ring substituents is 1. The van der Waals surface area contributed by atoms with Gasteiger partial charge in [-0.3, -0.25) is 14.9 Å². The molecule has 108 valence electrons. The van der Waals surface area contributed by atoms with Gasteiger partial charge < -0.3 is 4.18 Å². The zero-order valence-corrected chi connectivity index (χ0v) is 11.3. The third-order valence-corrected chi connectivity index (χ3v) is 3.80. The average molecular weight is 307 g/mol. The van der Waals surface area contributed by atoms with Crippen LogP contribution in [0.3, 0.4) is 0 Å². The number of hydrogen-bond acceptors (Lipinski definition) is 6. The van der Waals surface area contributed by atoms with Crippen molar-refractivity contribution < 1.29 is 22.3 Å². The van der Waals surface area contributed by atoms with E-state index in [0.717, 1.165) is 24.3 Å². The molecule has 2 aromatic carbocycles. The van der Waals surface area contributed by atoms with E-state index in [-0.39, 0.29) is 21.9 Å². The highest BCUT2D eigenvalue weighted by Gasteiger charge is 2.18. The molecule has 0 bridgehead atoms. The lowest BCUT2D eigenvalue weighted by Gasteiger charge is -2.07. The molecular formula is C13H9NO6S. The second kappa shape index (κ2) is 5.71. The zero-order valence-electron chi connectivity index (χ0n) is 10.5. The van der Waals surface area contributed by atoms with Crippen LogP contribution in [0.25, 0.3) is 0 Å². The number of carbonyl (C=O) groups excluding carboxylic acids is 1. The predicted octanol–water partition coefficient (Wildman–Crippen LogP) is 2.17. The Morgan fingerprint density at radius 2 is 1.76 bits per heavy atom. The van der Waals surface area contributed by atoms with Crippen LogP contribution in [0.5, 0.6) is 5.75 Å². The van der Waals surface area contributed by atoms with Crippen LogP contribution < -0.4 is 4.18 Å². The zero-order chi connectivity index (χ0) is 15.5. The quantitative estimate of drug-likeness (QED) is 0.363. The summed E-state index contributed by atoms with van der Waals surface area (Å²) >= 11 is 0. The molecule has 0 aliphatic carbocycles. The molecule has 0 radical (unpaired) electrons. The fraction of sp³-hybridized carbons (Fsp3) is 0. The highest BCUT2D eigenvalue weighted by Crippen LogP contribution is 2.21. The molecule has 0 aliphatic rings. The molecule has 0 N–H and O–H groups in total. The number of benzene rings is 2. The molecule has 21 heavy (non-hydrogen) atoms. The van der Waals surface area contributed by atoms with Gasteiger partial charge in [0, 0.05) is 17.7 Å². The number of nitro benzene ring substituents is 1. The van der Waals surface area contributed by atoms with Crippen LogP contribution in [-0.2, 0) is 10.1 Å². The topological polar surface area (TPSA) is 104 Å². The van der Waals surface area contributed by atoms with Crippen molar-refractivity contribution >= 4 is 22.1 Å². The molecule has 0 saturated heterocycles. The van der Waals surface area contributed by atoms with E-state index in [4.69, 9.17) is 4.18 Å². The number of hydrogen-bond donors (Lipinski definition) is 0. The van der Waals surface area contributed by atoms with Crippen LogP contribution >= 0.6 is 0 Å². The minimum Gasteiger partial charge on any atom is -0.379 e. The monoisotopic (exact) mass is 307 g/mol. The van der Waals surface area contributed by atoms with Gasteiger partial charge in [-0.1, -0.05) is 12.1 Å². The first-order chi connectivity index (χ1) is 9.92. The van der Waals surface area contributed by atoms with Crippen LogP contribution in [0.4, 0.5) is 5.69 Å². The average Bonchev–Trinajstić information content (AvgIpc) is 2.47. The van der Waals surface area contributed by atoms with Gasteiger partial charge in [-0.25, -0.2) is 0 Å². The molecule has 0 aliphatic heterocycles. The molecule has 7 nitrogen and oxygen atoms in total. The van der Waals surface area contributed by atoms with Gasteiger partial charge in [-0.2, -0.15) is 8.42 Å². The lowest BCUT2D eigenvalue weighted by atomic mass is 10.2. The van der Waals surface area contributed by atoms with Crippen LogP contribution in [0.15, 0.2) is 53.4 Å². The Morgan fingerprint density at radius 1 is 1.10 bits per heavy atom. The molecule has 0 heterocycles. The van der Waals surface area contributed by atoms with Crippen LogP contribution in [-0.4, -0.2) is 19.6 Å². The minimum atomic E-state index is -4.12. The Hall–Kier alpha value is -2.74. The molecule has 0 aromatic heterocycles. The molecule has 0 fully saturated rings. The van der Waals surface area contributed by atoms with Gasteiger partial charge in [0.2, 0.25) is 0 Å². The fourth-order valence-corrected chi connectivity index (χ4v) is 2.47. The number of carbonyl (C=O) groups is 1. The Labute approximate surface area is 120 Å². The molecule has 0 spiro atoms. The summed E-state index contributed by atoms with van der Waals surface area (Å²) in [5.41, 5.74) is 0.0447. The van der Waals surface area contributed by atoms with Crippen LogP contribution in [0.2, 0.25) is 0 Å². The van der Waals surface area contributed by atoms with Gasteiger partial charge >= 0.3 is 10.1 Å². The number of nitro groups is 1. The summed E-state index contributed by atoms with van der Waals surface area (Å²) in [5, 5.41) is 10.5. The Kier molecular flexibility index (Phi) is 3.99. The van der Waals surface area contributed by atoms with Gasteiger partial charge in [0.15, 0.2) is 0 Å². The summed E-state index contributed by atoms with van der Waals surface area (Å²) in [7, 11) is -4.12. The largest absolute Gasteiger partial charge is 0.379 e. The van der Waals surface area contributed by atoms with Crippen molar-refractivity contribution in [1.82, 2.24) is 0 Å². The maximum absolute atomic E-state index is 12.0. The van der Waals surface area contributed by atoms with Gasteiger partial charge in [0.05, 0.1) is 4.92 Å². The first-order valence-electron chi connectivity index (χ1n) is 5.66. The molecule has 0 saturated carbocycles. The van der Waals surface area contributed by atoms with E-state index >= 15 is 0 Å². The van der Waals surface area contributed by atoms with E-state index in [1.165, 1.54) is 24.3 Å². The van der Waals surface area contributed by atoms with Gasteiger partial charge in [-0.15, -0.1) is 0 Å². The maximum atomic E-state index is 12.0. The van der Waals surface area contributed by atoms with Crippen molar-refractivity contribution in [3.8, 4) is 5.75 Å². The Bertz CT molecular complexity index is 783. The van der Waals surface area contributed by atoms with Gasteiger partial charge in [-0.05, 0) is 24.3 Å². The fourth-order valence-electron chi connectivity index (χ4n) is 1.55. The number of nitrogens with zero attached hydrogens (tertiary/aromatic N) is 1. The van der Waals surface area contributed by atoms with Crippen LogP contribution in [0.1, 0.15) is 10.4 Å². The predicted molar refractivity (Wildman–Crippen MR) is 72.7 cm³/mol. The van der Waals surface area contributed by atoms with Crippen molar-refractivity contribution in [3.63, 3.8) is 0 Å². The van der Waals surface area contributed by atoms with E-state index in [0.29, 0.717) is 6.29 Å². The summed E-state index contributed by atoms with van der Waals surface area (Å²) in [6.07, 6.45) is 0.561. The lowest BCUT2D eigenvalue weighted by Crippen LogP contribution is -2.09. The Morgan fingerprint density at radius 3 is 2.33 bits per heavy atom. The SMILES string of the molecule is O=Cc1cccc(OS(=O)(=O)c2ccc([N+](=O)[O-])cc2)c1. The van der Waals surface area contributed by atoms with Crippen molar-refractivity contribution in [1.29, 1.82) is 0 Å². The van der Waals surface area contributed by atoms with Crippen LogP contribution in [0, 0.1) is 10.1 Å². The van der Waals surface area contributed by atoms with Gasteiger partial charge in [0.25, 0.3) is 5.69 Å². The molecule has 2 rings (SSSR count). The molecular weight excluding hydrogens is 298 g/mol. The number of rotatable bonds is 5. The second-order valence-corrected chi connectivity index (χ2v) is 5.53. The highest BCUT2D eigenvalue weighted by atomic mass is 32.2. The van der Waals surface area contributed by atoms with Crippen molar-refractivity contribution in [2.24, 2.45) is 0 Å². The number of aldehydes is 1. The summed E-state index contributed by atoms with van der Waals surface area (Å²) in [6, 6.07) is 9.93. The summed E-state index contributed by atoms with van der Waals surface area (Å²) < 4.78 is 28.9. The summed E-state index contributed by atoms with van der Waals surface area (Å²) in [6.45, 7) is 0. The Balaban J connectivity index is 2.29. The standard InChI is InChI=1S/C13H9NO6S/c15-9-10-2-1-3-12(8-10)20-21(18,19)13-6-4-11(5-7-13)14(16)17/h1-9H. The summed E-state index contributed by atoms with van der Waals surface area (Å²) in [5.74, 6) is -0.0158. The van der Waals surface area contributed by atoms with E-state index in [9.17, 15) is 23.3 Å². The van der Waals surface area contributed by atoms with Crippen molar-refractivity contribution in [2.75, 3.05) is 0 Å². The normalized spacial score (nSPS) is 10.9. The third kappa shape index (κ3) is 3.42. The van der Waals surface area contributed by atoms with E-state index < -0.39 is 15.0 Å².